The van der Waals surface area contributed by atoms with Gasteiger partial charge in [-0.3, -0.25) is 4.79 Å². The quantitative estimate of drug-likeness (QED) is 0.221. The predicted octanol–water partition coefficient (Wildman–Crippen LogP) is 5.02. The lowest BCUT2D eigenvalue weighted by Gasteiger charge is -2.30. The van der Waals surface area contributed by atoms with E-state index in [1.165, 1.54) is 0 Å². The SMILES string of the molecule is C=CC[C@@]1(C(=O)NCCCN(C)C)N=C(c2ccc(OCCCO)cc2)O[C@@H]1c1ccc(-c2ccccc2)cc1. The molecule has 0 bridgehead atoms. The summed E-state index contributed by atoms with van der Waals surface area (Å²) in [5, 5.41) is 12.1. The molecule has 1 heterocycles. The number of benzene rings is 3. The molecule has 7 nitrogen and oxygen atoms in total. The maximum atomic E-state index is 13.9. The molecule has 0 saturated carbocycles. The van der Waals surface area contributed by atoms with Crippen molar-refractivity contribution >= 4 is 11.8 Å². The summed E-state index contributed by atoms with van der Waals surface area (Å²) in [7, 11) is 4.03. The second kappa shape index (κ2) is 13.9. The highest BCUT2D eigenvalue weighted by atomic mass is 16.5. The first-order valence-electron chi connectivity index (χ1n) is 13.8. The van der Waals surface area contributed by atoms with Gasteiger partial charge in [0.2, 0.25) is 5.90 Å². The van der Waals surface area contributed by atoms with Crippen LogP contribution in [0, 0.1) is 0 Å². The largest absolute Gasteiger partial charge is 0.494 e. The molecule has 3 aromatic carbocycles. The van der Waals surface area contributed by atoms with Crippen LogP contribution in [0.5, 0.6) is 5.75 Å². The molecule has 0 saturated heterocycles. The topological polar surface area (TPSA) is 83.4 Å². The lowest BCUT2D eigenvalue weighted by molar-refractivity contribution is -0.128. The number of aliphatic imine (C=N–C) groups is 1. The lowest BCUT2D eigenvalue weighted by Crippen LogP contribution is -2.48. The second-order valence-electron chi connectivity index (χ2n) is 10.2. The summed E-state index contributed by atoms with van der Waals surface area (Å²) in [4.78, 5) is 20.9. The summed E-state index contributed by atoms with van der Waals surface area (Å²) in [6.45, 7) is 5.88. The monoisotopic (exact) mass is 541 g/mol. The van der Waals surface area contributed by atoms with Crippen molar-refractivity contribution in [1.82, 2.24) is 10.2 Å². The third kappa shape index (κ3) is 6.97. The summed E-state index contributed by atoms with van der Waals surface area (Å²) in [5.74, 6) is 0.923. The first-order valence-corrected chi connectivity index (χ1v) is 13.8. The third-order valence-electron chi connectivity index (χ3n) is 6.87. The molecule has 1 aliphatic rings. The van der Waals surface area contributed by atoms with E-state index in [9.17, 15) is 4.79 Å². The molecule has 7 heteroatoms. The van der Waals surface area contributed by atoms with Gasteiger partial charge in [-0.25, -0.2) is 4.99 Å². The molecule has 40 heavy (non-hydrogen) atoms. The Balaban J connectivity index is 1.64. The van der Waals surface area contributed by atoms with Crippen molar-refractivity contribution in [2.75, 3.05) is 40.4 Å². The summed E-state index contributed by atoms with van der Waals surface area (Å²) in [6, 6.07) is 25.8. The Hall–Kier alpha value is -3.94. The Morgan fingerprint density at radius 3 is 2.35 bits per heavy atom. The van der Waals surface area contributed by atoms with E-state index < -0.39 is 11.6 Å². The van der Waals surface area contributed by atoms with E-state index in [0.29, 0.717) is 37.6 Å². The van der Waals surface area contributed by atoms with E-state index >= 15 is 0 Å². The summed E-state index contributed by atoms with van der Waals surface area (Å²) in [5.41, 5.74) is 2.64. The predicted molar refractivity (Wildman–Crippen MR) is 160 cm³/mol. The van der Waals surface area contributed by atoms with Crippen LogP contribution in [-0.2, 0) is 9.53 Å². The molecule has 0 unspecified atom stereocenters. The summed E-state index contributed by atoms with van der Waals surface area (Å²) >= 11 is 0. The molecule has 2 atom stereocenters. The Labute approximate surface area is 237 Å². The number of nitrogens with one attached hydrogen (secondary N) is 1. The van der Waals surface area contributed by atoms with Gasteiger partial charge in [0.25, 0.3) is 5.91 Å². The van der Waals surface area contributed by atoms with E-state index in [2.05, 4.69) is 41.1 Å². The fourth-order valence-corrected chi connectivity index (χ4v) is 4.77. The van der Waals surface area contributed by atoms with E-state index in [4.69, 9.17) is 19.6 Å². The molecular weight excluding hydrogens is 502 g/mol. The molecule has 0 spiro atoms. The van der Waals surface area contributed by atoms with Gasteiger partial charge in [-0.2, -0.15) is 0 Å². The van der Waals surface area contributed by atoms with E-state index in [1.807, 2.05) is 68.7 Å². The first-order chi connectivity index (χ1) is 19.5. The standard InChI is InChI=1S/C33H39N3O4/c1-4-20-33(32(38)34-21-8-22-36(2)3)30(27-14-12-26(13-15-27)25-10-6-5-7-11-25)40-31(35-33)28-16-18-29(19-17-28)39-24-9-23-37/h4-7,10-19,30,37H,1,8-9,20-24H2,2-3H3,(H,34,38)/t30-,33-/m1/s1. The maximum absolute atomic E-state index is 13.9. The molecule has 0 radical (unpaired) electrons. The molecule has 2 N–H and O–H groups in total. The van der Waals surface area contributed by atoms with Gasteiger partial charge in [-0.15, -0.1) is 6.58 Å². The zero-order valence-electron chi connectivity index (χ0n) is 23.4. The number of hydrogen-bond donors (Lipinski definition) is 2. The number of carbonyl (C=O) groups is 1. The minimum Gasteiger partial charge on any atom is -0.494 e. The number of aliphatic hydroxyl groups is 1. The van der Waals surface area contributed by atoms with Crippen molar-refractivity contribution in [2.24, 2.45) is 4.99 Å². The Bertz CT molecular complexity index is 1270. The van der Waals surface area contributed by atoms with E-state index in [-0.39, 0.29) is 12.5 Å². The van der Waals surface area contributed by atoms with Crippen molar-refractivity contribution < 1.29 is 19.4 Å². The van der Waals surface area contributed by atoms with Crippen molar-refractivity contribution in [3.8, 4) is 16.9 Å². The number of amides is 1. The number of aliphatic hydroxyl groups excluding tert-OH is 1. The molecular formula is C33H39N3O4. The van der Waals surface area contributed by atoms with Gasteiger partial charge in [-0.05, 0) is 68.0 Å². The number of hydrogen-bond acceptors (Lipinski definition) is 6. The van der Waals surface area contributed by atoms with Gasteiger partial charge < -0.3 is 24.8 Å². The fraction of sp³-hybridized carbons (Fsp3) is 0.333. The van der Waals surface area contributed by atoms with Crippen LogP contribution in [0.2, 0.25) is 0 Å². The van der Waals surface area contributed by atoms with Gasteiger partial charge in [0.05, 0.1) is 6.61 Å². The number of ether oxygens (including phenoxy) is 2. The Morgan fingerprint density at radius 1 is 1.02 bits per heavy atom. The minimum atomic E-state index is -1.19. The second-order valence-corrected chi connectivity index (χ2v) is 10.2. The van der Waals surface area contributed by atoms with Crippen LogP contribution in [-0.4, -0.2) is 67.7 Å². The number of nitrogens with zero attached hydrogens (tertiary/aromatic N) is 2. The van der Waals surface area contributed by atoms with Crippen molar-refractivity contribution in [1.29, 1.82) is 0 Å². The van der Waals surface area contributed by atoms with Crippen LogP contribution in [0.1, 0.15) is 36.5 Å². The van der Waals surface area contributed by atoms with Gasteiger partial charge >= 0.3 is 0 Å². The zero-order valence-corrected chi connectivity index (χ0v) is 23.4. The van der Waals surface area contributed by atoms with Crippen LogP contribution in [0.4, 0.5) is 0 Å². The average molecular weight is 542 g/mol. The van der Waals surface area contributed by atoms with E-state index in [1.54, 1.807) is 6.08 Å². The van der Waals surface area contributed by atoms with Gasteiger partial charge in [0.15, 0.2) is 11.6 Å². The Kier molecular flexibility index (Phi) is 10.1. The smallest absolute Gasteiger partial charge is 0.252 e. The van der Waals surface area contributed by atoms with Gasteiger partial charge in [0.1, 0.15) is 5.75 Å². The van der Waals surface area contributed by atoms with Gasteiger partial charge in [-0.1, -0.05) is 60.7 Å². The minimum absolute atomic E-state index is 0.0824. The molecule has 3 aromatic rings. The van der Waals surface area contributed by atoms with Crippen molar-refractivity contribution in [3.63, 3.8) is 0 Å². The molecule has 210 valence electrons. The van der Waals surface area contributed by atoms with Crippen LogP contribution >= 0.6 is 0 Å². The highest BCUT2D eigenvalue weighted by Gasteiger charge is 2.52. The van der Waals surface area contributed by atoms with Crippen LogP contribution in [0.3, 0.4) is 0 Å². The van der Waals surface area contributed by atoms with Crippen LogP contribution in [0.15, 0.2) is 96.5 Å². The molecule has 0 fully saturated rings. The van der Waals surface area contributed by atoms with Crippen molar-refractivity contribution in [2.45, 2.75) is 30.9 Å². The van der Waals surface area contributed by atoms with Crippen molar-refractivity contribution in [3.05, 3.63) is 103 Å². The Morgan fingerprint density at radius 2 is 1.70 bits per heavy atom. The summed E-state index contributed by atoms with van der Waals surface area (Å²) in [6.07, 6.45) is 2.83. The molecule has 0 aliphatic carbocycles. The molecule has 4 rings (SSSR count). The molecule has 1 amide bonds. The summed E-state index contributed by atoms with van der Waals surface area (Å²) < 4.78 is 12.2. The normalized spacial score (nSPS) is 18.2. The fourth-order valence-electron chi connectivity index (χ4n) is 4.77. The first kappa shape index (κ1) is 29.1. The number of carbonyl (C=O) groups excluding carboxylic acids is 1. The highest BCUT2D eigenvalue weighted by molar-refractivity contribution is 6.01. The van der Waals surface area contributed by atoms with Crippen LogP contribution in [0.25, 0.3) is 11.1 Å². The average Bonchev–Trinajstić information content (AvgIpc) is 3.37. The van der Waals surface area contributed by atoms with E-state index in [0.717, 1.165) is 35.2 Å². The lowest BCUT2D eigenvalue weighted by atomic mass is 9.84. The highest BCUT2D eigenvalue weighted by Crippen LogP contribution is 2.43. The van der Waals surface area contributed by atoms with Gasteiger partial charge in [0, 0.05) is 31.6 Å². The maximum Gasteiger partial charge on any atom is 0.252 e. The third-order valence-corrected chi connectivity index (χ3v) is 6.87. The number of rotatable bonds is 14. The van der Waals surface area contributed by atoms with Crippen LogP contribution < -0.4 is 10.1 Å². The molecule has 0 aromatic heterocycles. The zero-order chi connectivity index (χ0) is 28.4. The molecule has 1 aliphatic heterocycles.